The van der Waals surface area contributed by atoms with E-state index in [4.69, 9.17) is 16.3 Å². The molecule has 0 aliphatic rings. The molecule has 0 bridgehead atoms. The molecule has 3 nitrogen and oxygen atoms in total. The van der Waals surface area contributed by atoms with Crippen molar-refractivity contribution in [3.8, 4) is 16.5 Å². The van der Waals surface area contributed by atoms with E-state index in [1.807, 2.05) is 36.6 Å². The number of nitrogens with zero attached hydrogens (tertiary/aromatic N) is 2. The van der Waals surface area contributed by atoms with Crippen molar-refractivity contribution in [1.82, 2.24) is 9.97 Å². The van der Waals surface area contributed by atoms with Crippen LogP contribution in [0, 0.1) is 6.92 Å². The van der Waals surface area contributed by atoms with Gasteiger partial charge in [0.1, 0.15) is 10.9 Å². The van der Waals surface area contributed by atoms with Crippen LogP contribution in [0.3, 0.4) is 0 Å². The first kappa shape index (κ1) is 12.4. The Balaban J connectivity index is 2.22. The van der Waals surface area contributed by atoms with Gasteiger partial charge in [-0.25, -0.2) is 9.97 Å². The number of fused-ring (bicyclic) bond motifs is 1. The Labute approximate surface area is 119 Å². The highest BCUT2D eigenvalue weighted by Crippen LogP contribution is 2.32. The fourth-order valence-electron chi connectivity index (χ4n) is 1.91. The van der Waals surface area contributed by atoms with Crippen molar-refractivity contribution < 1.29 is 4.74 Å². The maximum absolute atomic E-state index is 6.25. The van der Waals surface area contributed by atoms with Crippen molar-refractivity contribution in [3.63, 3.8) is 0 Å². The molecule has 0 spiro atoms. The predicted octanol–water partition coefficient (Wildman–Crippen LogP) is 4.33. The van der Waals surface area contributed by atoms with E-state index in [-0.39, 0.29) is 0 Å². The lowest BCUT2D eigenvalue weighted by Crippen LogP contribution is -1.92. The smallest absolute Gasteiger partial charge is 0.171 e. The molecule has 19 heavy (non-hydrogen) atoms. The standard InChI is InChI=1S/C14H11ClN2OS/c1-8-4-3-5-10-12(8)16-14(17-13(10)15)11-6-9(18-2)7-19-11/h3-7H,1-2H3. The lowest BCUT2D eigenvalue weighted by Gasteiger charge is -2.05. The van der Waals surface area contributed by atoms with Crippen LogP contribution in [0.2, 0.25) is 5.15 Å². The van der Waals surface area contributed by atoms with Gasteiger partial charge in [-0.3, -0.25) is 0 Å². The highest BCUT2D eigenvalue weighted by Gasteiger charge is 2.11. The topological polar surface area (TPSA) is 35.0 Å². The van der Waals surface area contributed by atoms with Gasteiger partial charge in [-0.1, -0.05) is 23.7 Å². The van der Waals surface area contributed by atoms with Crippen LogP contribution >= 0.6 is 22.9 Å². The van der Waals surface area contributed by atoms with Crippen LogP contribution in [0.15, 0.2) is 29.6 Å². The number of aromatic nitrogens is 2. The Morgan fingerprint density at radius 1 is 1.26 bits per heavy atom. The third kappa shape index (κ3) is 2.17. The van der Waals surface area contributed by atoms with Gasteiger partial charge in [0.05, 0.1) is 17.5 Å². The molecule has 0 saturated heterocycles. The number of methoxy groups -OCH3 is 1. The summed E-state index contributed by atoms with van der Waals surface area (Å²) in [6, 6.07) is 7.83. The highest BCUT2D eigenvalue weighted by molar-refractivity contribution is 7.13. The molecule has 2 aromatic heterocycles. The summed E-state index contributed by atoms with van der Waals surface area (Å²) in [7, 11) is 1.64. The molecule has 0 saturated carbocycles. The quantitative estimate of drug-likeness (QED) is 0.659. The van der Waals surface area contributed by atoms with Crippen LogP contribution in [0.1, 0.15) is 5.56 Å². The number of para-hydroxylation sites is 1. The number of aryl methyl sites for hydroxylation is 1. The molecule has 1 aromatic carbocycles. The fraction of sp³-hybridized carbons (Fsp3) is 0.143. The molecule has 5 heteroatoms. The number of benzene rings is 1. The summed E-state index contributed by atoms with van der Waals surface area (Å²) in [5.41, 5.74) is 1.98. The summed E-state index contributed by atoms with van der Waals surface area (Å²) in [6.07, 6.45) is 0. The Kier molecular flexibility index (Phi) is 3.12. The maximum Gasteiger partial charge on any atom is 0.171 e. The van der Waals surface area contributed by atoms with Crippen molar-refractivity contribution in [1.29, 1.82) is 0 Å². The lowest BCUT2D eigenvalue weighted by molar-refractivity contribution is 0.417. The van der Waals surface area contributed by atoms with Crippen molar-refractivity contribution in [2.75, 3.05) is 7.11 Å². The van der Waals surface area contributed by atoms with E-state index in [1.54, 1.807) is 18.4 Å². The zero-order valence-corrected chi connectivity index (χ0v) is 12.0. The monoisotopic (exact) mass is 290 g/mol. The summed E-state index contributed by atoms with van der Waals surface area (Å²) < 4.78 is 5.18. The van der Waals surface area contributed by atoms with E-state index < -0.39 is 0 Å². The van der Waals surface area contributed by atoms with Crippen LogP contribution in [0.5, 0.6) is 5.75 Å². The SMILES string of the molecule is COc1csc(-c2nc(Cl)c3cccc(C)c3n2)c1. The Morgan fingerprint density at radius 3 is 2.84 bits per heavy atom. The normalized spacial score (nSPS) is 10.9. The third-order valence-electron chi connectivity index (χ3n) is 2.91. The van der Waals surface area contributed by atoms with E-state index >= 15 is 0 Å². The van der Waals surface area contributed by atoms with Gasteiger partial charge in [0.25, 0.3) is 0 Å². The van der Waals surface area contributed by atoms with Crippen molar-refractivity contribution >= 4 is 33.8 Å². The van der Waals surface area contributed by atoms with Gasteiger partial charge in [-0.2, -0.15) is 0 Å². The first-order valence-electron chi connectivity index (χ1n) is 5.75. The van der Waals surface area contributed by atoms with Gasteiger partial charge < -0.3 is 4.74 Å². The van der Waals surface area contributed by atoms with Gasteiger partial charge in [0.2, 0.25) is 0 Å². The van der Waals surface area contributed by atoms with Gasteiger partial charge >= 0.3 is 0 Å². The van der Waals surface area contributed by atoms with Gasteiger partial charge in [0.15, 0.2) is 5.82 Å². The number of hydrogen-bond donors (Lipinski definition) is 0. The third-order valence-corrected chi connectivity index (χ3v) is 4.11. The number of hydrogen-bond acceptors (Lipinski definition) is 4. The van der Waals surface area contributed by atoms with E-state index in [0.717, 1.165) is 27.1 Å². The van der Waals surface area contributed by atoms with Crippen molar-refractivity contribution in [2.45, 2.75) is 6.92 Å². The zero-order chi connectivity index (χ0) is 13.4. The minimum absolute atomic E-state index is 0.482. The largest absolute Gasteiger partial charge is 0.496 e. The first-order valence-corrected chi connectivity index (χ1v) is 7.00. The summed E-state index contributed by atoms with van der Waals surface area (Å²) >= 11 is 7.79. The van der Waals surface area contributed by atoms with Crippen LogP contribution in [0.4, 0.5) is 0 Å². The minimum Gasteiger partial charge on any atom is -0.496 e. The first-order chi connectivity index (χ1) is 9.19. The fourth-order valence-corrected chi connectivity index (χ4v) is 2.93. The molecular formula is C14H11ClN2OS. The average Bonchev–Trinajstić information content (AvgIpc) is 2.88. The molecule has 0 atom stereocenters. The van der Waals surface area contributed by atoms with Crippen LogP contribution in [-0.4, -0.2) is 17.1 Å². The van der Waals surface area contributed by atoms with Crippen LogP contribution in [-0.2, 0) is 0 Å². The molecule has 0 fully saturated rings. The maximum atomic E-state index is 6.25. The number of rotatable bonds is 2. The minimum atomic E-state index is 0.482. The number of ether oxygens (including phenoxy) is 1. The molecule has 3 aromatic rings. The molecule has 0 aliphatic carbocycles. The van der Waals surface area contributed by atoms with Crippen molar-refractivity contribution in [3.05, 3.63) is 40.4 Å². The lowest BCUT2D eigenvalue weighted by atomic mass is 10.1. The second-order valence-electron chi connectivity index (χ2n) is 4.16. The zero-order valence-electron chi connectivity index (χ0n) is 10.5. The molecule has 2 heterocycles. The molecule has 0 amide bonds. The Morgan fingerprint density at radius 2 is 2.11 bits per heavy atom. The van der Waals surface area contributed by atoms with Crippen LogP contribution in [0.25, 0.3) is 21.6 Å². The molecule has 0 radical (unpaired) electrons. The van der Waals surface area contributed by atoms with Gasteiger partial charge in [0, 0.05) is 16.8 Å². The van der Waals surface area contributed by atoms with E-state index in [0.29, 0.717) is 11.0 Å². The molecule has 3 rings (SSSR count). The summed E-state index contributed by atoms with van der Waals surface area (Å²) in [6.45, 7) is 2.02. The Hall–Kier alpha value is -1.65. The second kappa shape index (κ2) is 4.79. The van der Waals surface area contributed by atoms with Crippen molar-refractivity contribution in [2.24, 2.45) is 0 Å². The molecule has 0 N–H and O–H groups in total. The molecule has 0 unspecified atom stereocenters. The summed E-state index contributed by atoms with van der Waals surface area (Å²) in [5, 5.41) is 3.29. The highest BCUT2D eigenvalue weighted by atomic mass is 35.5. The second-order valence-corrected chi connectivity index (χ2v) is 5.43. The molecule has 96 valence electrons. The number of thiophene rings is 1. The summed E-state index contributed by atoms with van der Waals surface area (Å²) in [5.74, 6) is 1.45. The molecular weight excluding hydrogens is 280 g/mol. The number of halogens is 1. The van der Waals surface area contributed by atoms with E-state index in [1.165, 1.54) is 0 Å². The average molecular weight is 291 g/mol. The van der Waals surface area contributed by atoms with Gasteiger partial charge in [-0.05, 0) is 18.6 Å². The molecule has 0 aliphatic heterocycles. The predicted molar refractivity (Wildman–Crippen MR) is 79.2 cm³/mol. The summed E-state index contributed by atoms with van der Waals surface area (Å²) in [4.78, 5) is 9.93. The van der Waals surface area contributed by atoms with Gasteiger partial charge in [-0.15, -0.1) is 11.3 Å². The van der Waals surface area contributed by atoms with E-state index in [2.05, 4.69) is 9.97 Å². The van der Waals surface area contributed by atoms with Crippen LogP contribution < -0.4 is 4.74 Å². The van der Waals surface area contributed by atoms with E-state index in [9.17, 15) is 0 Å². The Bertz CT molecular complexity index is 754.